The van der Waals surface area contributed by atoms with Crippen LogP contribution in [-0.4, -0.2) is 30.6 Å². The van der Waals surface area contributed by atoms with E-state index < -0.39 is 0 Å². The number of likely N-dealkylation sites (tertiary alicyclic amines) is 1. The first-order valence-corrected chi connectivity index (χ1v) is 11.9. The van der Waals surface area contributed by atoms with E-state index >= 15 is 0 Å². The Morgan fingerprint density at radius 2 is 1.59 bits per heavy atom. The van der Waals surface area contributed by atoms with Crippen LogP contribution in [0, 0.1) is 13.8 Å². The smallest absolute Gasteiger partial charge is 0.122 e. The molecule has 0 bridgehead atoms. The van der Waals surface area contributed by atoms with E-state index in [4.69, 9.17) is 10.5 Å². The Bertz CT molecular complexity index is 1040. The second kappa shape index (κ2) is 10.3. The lowest BCUT2D eigenvalue weighted by molar-refractivity contribution is 0.230. The highest BCUT2D eigenvalue weighted by molar-refractivity contribution is 5.80. The lowest BCUT2D eigenvalue weighted by atomic mass is 9.90. The summed E-state index contributed by atoms with van der Waals surface area (Å²) in [6.45, 7) is 10.4. The van der Waals surface area contributed by atoms with Gasteiger partial charge in [-0.15, -0.1) is 0 Å². The summed E-state index contributed by atoms with van der Waals surface area (Å²) in [5.41, 5.74) is 14.4. The topological polar surface area (TPSA) is 38.5 Å². The van der Waals surface area contributed by atoms with Gasteiger partial charge < -0.3 is 15.4 Å². The highest BCUT2D eigenvalue weighted by atomic mass is 16.5. The van der Waals surface area contributed by atoms with Crippen molar-refractivity contribution in [2.45, 2.75) is 52.6 Å². The van der Waals surface area contributed by atoms with Crippen molar-refractivity contribution in [3.63, 3.8) is 0 Å². The summed E-state index contributed by atoms with van der Waals surface area (Å²) in [6, 6.07) is 22.3. The van der Waals surface area contributed by atoms with Gasteiger partial charge in [0.05, 0.1) is 6.61 Å². The van der Waals surface area contributed by atoms with Crippen LogP contribution in [0.3, 0.4) is 0 Å². The van der Waals surface area contributed by atoms with Crippen LogP contribution in [-0.2, 0) is 6.54 Å². The first kappa shape index (κ1) is 22.6. The average Bonchev–Trinajstić information content (AvgIpc) is 3.23. The molecule has 1 fully saturated rings. The van der Waals surface area contributed by atoms with Gasteiger partial charge in [-0.2, -0.15) is 0 Å². The zero-order valence-corrected chi connectivity index (χ0v) is 19.7. The first-order valence-electron chi connectivity index (χ1n) is 11.9. The van der Waals surface area contributed by atoms with Gasteiger partial charge in [0, 0.05) is 19.1 Å². The van der Waals surface area contributed by atoms with Gasteiger partial charge in [0.15, 0.2) is 0 Å². The van der Waals surface area contributed by atoms with Crippen molar-refractivity contribution in [2.75, 3.05) is 19.7 Å². The number of nitrogens with zero attached hydrogens (tertiary/aromatic N) is 1. The normalized spacial score (nSPS) is 16.4. The third-order valence-corrected chi connectivity index (χ3v) is 6.95. The van der Waals surface area contributed by atoms with Crippen LogP contribution in [0.4, 0.5) is 0 Å². The van der Waals surface area contributed by atoms with Crippen LogP contribution in [0.1, 0.15) is 42.9 Å². The second-order valence-corrected chi connectivity index (χ2v) is 9.04. The largest absolute Gasteiger partial charge is 0.493 e. The average molecular weight is 429 g/mol. The van der Waals surface area contributed by atoms with Gasteiger partial charge in [-0.1, -0.05) is 54.6 Å². The molecular formula is C29H36N2O. The fourth-order valence-corrected chi connectivity index (χ4v) is 4.90. The molecular weight excluding hydrogens is 392 g/mol. The zero-order valence-electron chi connectivity index (χ0n) is 19.7. The minimum absolute atomic E-state index is 0.572. The number of nitrogens with two attached hydrogens (primary N) is 1. The maximum absolute atomic E-state index is 6.24. The van der Waals surface area contributed by atoms with Gasteiger partial charge in [0.2, 0.25) is 0 Å². The molecule has 1 heterocycles. The van der Waals surface area contributed by atoms with Gasteiger partial charge >= 0.3 is 0 Å². The first-order chi connectivity index (χ1) is 15.6. The van der Waals surface area contributed by atoms with Crippen molar-refractivity contribution in [1.29, 1.82) is 0 Å². The van der Waals surface area contributed by atoms with Crippen LogP contribution < -0.4 is 10.5 Å². The Morgan fingerprint density at radius 3 is 2.28 bits per heavy atom. The monoisotopic (exact) mass is 428 g/mol. The summed E-state index contributed by atoms with van der Waals surface area (Å²) >= 11 is 0. The van der Waals surface area contributed by atoms with Crippen molar-refractivity contribution in [3.05, 3.63) is 77.4 Å². The van der Waals surface area contributed by atoms with Crippen LogP contribution in [0.5, 0.6) is 5.75 Å². The molecule has 1 atom stereocenters. The number of hydrogen-bond donors (Lipinski definition) is 1. The van der Waals surface area contributed by atoms with Crippen molar-refractivity contribution < 1.29 is 4.74 Å². The molecule has 1 saturated heterocycles. The molecule has 0 unspecified atom stereocenters. The van der Waals surface area contributed by atoms with E-state index in [-0.39, 0.29) is 0 Å². The van der Waals surface area contributed by atoms with Crippen molar-refractivity contribution >= 4 is 0 Å². The van der Waals surface area contributed by atoms with Gasteiger partial charge in [0.25, 0.3) is 0 Å². The van der Waals surface area contributed by atoms with Gasteiger partial charge in [0.1, 0.15) is 5.75 Å². The van der Waals surface area contributed by atoms with E-state index in [0.29, 0.717) is 6.54 Å². The maximum Gasteiger partial charge on any atom is 0.122 e. The molecule has 0 aromatic heterocycles. The Balaban J connectivity index is 1.51. The van der Waals surface area contributed by atoms with Crippen LogP contribution in [0.2, 0.25) is 0 Å². The molecule has 3 heteroatoms. The summed E-state index contributed by atoms with van der Waals surface area (Å²) in [5, 5.41) is 0. The minimum atomic E-state index is 0.572. The molecule has 0 amide bonds. The number of hydrogen-bond acceptors (Lipinski definition) is 3. The summed E-state index contributed by atoms with van der Waals surface area (Å²) in [7, 11) is 0. The van der Waals surface area contributed by atoms with E-state index in [0.717, 1.165) is 36.9 Å². The fourth-order valence-electron chi connectivity index (χ4n) is 4.90. The molecule has 1 aliphatic heterocycles. The lowest BCUT2D eigenvalue weighted by Crippen LogP contribution is -2.28. The molecule has 32 heavy (non-hydrogen) atoms. The molecule has 3 aromatic carbocycles. The SMILES string of the molecule is Cc1c(OCCCN2CCC[C@H]2C)cccc1-c1cccc(-c2ccc(CN)cc2)c1C. The fraction of sp³-hybridized carbons (Fsp3) is 0.379. The molecule has 4 rings (SSSR count). The van der Waals surface area contributed by atoms with Crippen molar-refractivity contribution in [3.8, 4) is 28.0 Å². The van der Waals surface area contributed by atoms with Gasteiger partial charge in [-0.3, -0.25) is 0 Å². The number of rotatable bonds is 8. The van der Waals surface area contributed by atoms with Gasteiger partial charge in [-0.05, 0) is 91.6 Å². The van der Waals surface area contributed by atoms with E-state index in [1.807, 2.05) is 0 Å². The number of benzene rings is 3. The van der Waals surface area contributed by atoms with Gasteiger partial charge in [-0.25, -0.2) is 0 Å². The Labute approximate surface area is 193 Å². The third-order valence-electron chi connectivity index (χ3n) is 6.95. The molecule has 3 nitrogen and oxygen atoms in total. The predicted molar refractivity (Wildman–Crippen MR) is 135 cm³/mol. The van der Waals surface area contributed by atoms with E-state index in [9.17, 15) is 0 Å². The Kier molecular flexibility index (Phi) is 7.29. The zero-order chi connectivity index (χ0) is 22.5. The highest BCUT2D eigenvalue weighted by Gasteiger charge is 2.19. The molecule has 0 saturated carbocycles. The summed E-state index contributed by atoms with van der Waals surface area (Å²) in [4.78, 5) is 2.58. The molecule has 2 N–H and O–H groups in total. The standard InChI is InChI=1S/C29H36N2O/c1-21-8-6-17-31(21)18-7-19-32-29-12-5-11-28(23(29)3)27-10-4-9-26(22(27)2)25-15-13-24(20-30)14-16-25/h4-5,9-16,21H,6-8,17-20,30H2,1-3H3/t21-/m1/s1. The third kappa shape index (κ3) is 4.90. The molecule has 168 valence electrons. The second-order valence-electron chi connectivity index (χ2n) is 9.04. The molecule has 3 aromatic rings. The quantitative estimate of drug-likeness (QED) is 0.425. The summed E-state index contributed by atoms with van der Waals surface area (Å²) < 4.78 is 6.24. The molecule has 0 aliphatic carbocycles. The molecule has 0 spiro atoms. The van der Waals surface area contributed by atoms with Crippen LogP contribution >= 0.6 is 0 Å². The predicted octanol–water partition coefficient (Wildman–Crippen LogP) is 6.35. The maximum atomic E-state index is 6.24. The van der Waals surface area contributed by atoms with E-state index in [1.165, 1.54) is 52.8 Å². The van der Waals surface area contributed by atoms with E-state index in [1.54, 1.807) is 0 Å². The van der Waals surface area contributed by atoms with Crippen LogP contribution in [0.25, 0.3) is 22.3 Å². The highest BCUT2D eigenvalue weighted by Crippen LogP contribution is 2.36. The summed E-state index contributed by atoms with van der Waals surface area (Å²) in [6.07, 6.45) is 3.73. The number of ether oxygens (including phenoxy) is 1. The minimum Gasteiger partial charge on any atom is -0.493 e. The molecule has 0 radical (unpaired) electrons. The van der Waals surface area contributed by atoms with E-state index in [2.05, 4.69) is 86.3 Å². The lowest BCUT2D eigenvalue weighted by Gasteiger charge is -2.21. The van der Waals surface area contributed by atoms with Crippen molar-refractivity contribution in [2.24, 2.45) is 5.73 Å². The Morgan fingerprint density at radius 1 is 0.906 bits per heavy atom. The summed E-state index contributed by atoms with van der Waals surface area (Å²) in [5.74, 6) is 0.995. The van der Waals surface area contributed by atoms with Crippen molar-refractivity contribution in [1.82, 2.24) is 4.90 Å². The molecule has 1 aliphatic rings. The van der Waals surface area contributed by atoms with Crippen LogP contribution in [0.15, 0.2) is 60.7 Å². The Hall–Kier alpha value is -2.62.